The number of fused-ring (bicyclic) bond motifs is 1. The van der Waals surface area contributed by atoms with Gasteiger partial charge in [0.25, 0.3) is 0 Å². The molecule has 3 aromatic rings. The molecule has 2 heterocycles. The van der Waals surface area contributed by atoms with Crippen molar-refractivity contribution in [3.63, 3.8) is 0 Å². The van der Waals surface area contributed by atoms with Gasteiger partial charge in [0.2, 0.25) is 0 Å². The predicted octanol–water partition coefficient (Wildman–Crippen LogP) is 4.51. The van der Waals surface area contributed by atoms with Crippen LogP contribution in [-0.4, -0.2) is 48.3 Å². The van der Waals surface area contributed by atoms with Gasteiger partial charge in [-0.2, -0.15) is 0 Å². The van der Waals surface area contributed by atoms with E-state index in [2.05, 4.69) is 38.4 Å². The maximum Gasteiger partial charge on any atom is 0.319 e. The van der Waals surface area contributed by atoms with E-state index in [1.807, 2.05) is 43.3 Å². The Bertz CT molecular complexity index is 996. The summed E-state index contributed by atoms with van der Waals surface area (Å²) in [6.07, 6.45) is 2.11. The van der Waals surface area contributed by atoms with Gasteiger partial charge in [0, 0.05) is 54.0 Å². The molecule has 1 aromatic heterocycles. The molecule has 2 N–H and O–H groups in total. The van der Waals surface area contributed by atoms with Crippen LogP contribution in [0.1, 0.15) is 18.5 Å². The molecule has 30 heavy (non-hydrogen) atoms. The molecule has 0 aliphatic carbocycles. The number of nitrogens with zero attached hydrogens (tertiary/aromatic N) is 2. The minimum Gasteiger partial charge on any atom is -0.379 e. The molecule has 2 aromatic carbocycles. The van der Waals surface area contributed by atoms with Crippen LogP contribution in [-0.2, 0) is 11.3 Å². The van der Waals surface area contributed by atoms with E-state index < -0.39 is 0 Å². The SMILES string of the molecule is CC(NC(=O)Nc1ccc2c(ccn2CCN2CCOCC2)c1)c1ccc(Cl)cc1. The van der Waals surface area contributed by atoms with Gasteiger partial charge >= 0.3 is 6.03 Å². The van der Waals surface area contributed by atoms with E-state index in [9.17, 15) is 4.79 Å². The number of carbonyl (C=O) groups is 1. The molecular formula is C23H27ClN4O2. The van der Waals surface area contributed by atoms with Crippen LogP contribution < -0.4 is 10.6 Å². The summed E-state index contributed by atoms with van der Waals surface area (Å²) in [6.45, 7) is 7.53. The van der Waals surface area contributed by atoms with E-state index in [1.165, 1.54) is 5.52 Å². The van der Waals surface area contributed by atoms with Crippen LogP contribution in [0, 0.1) is 0 Å². The summed E-state index contributed by atoms with van der Waals surface area (Å²) in [4.78, 5) is 14.8. The smallest absolute Gasteiger partial charge is 0.319 e. The Balaban J connectivity index is 1.35. The Morgan fingerprint density at radius 1 is 1.10 bits per heavy atom. The zero-order valence-corrected chi connectivity index (χ0v) is 17.9. The number of amides is 2. The second-order valence-corrected chi connectivity index (χ2v) is 8.04. The third kappa shape index (κ3) is 5.14. The van der Waals surface area contributed by atoms with Gasteiger partial charge in [0.1, 0.15) is 0 Å². The van der Waals surface area contributed by atoms with Crippen LogP contribution in [0.2, 0.25) is 5.02 Å². The highest BCUT2D eigenvalue weighted by molar-refractivity contribution is 6.30. The second kappa shape index (κ2) is 9.51. The largest absolute Gasteiger partial charge is 0.379 e. The molecule has 4 rings (SSSR count). The Kier molecular flexibility index (Phi) is 6.57. The fourth-order valence-corrected chi connectivity index (χ4v) is 3.87. The van der Waals surface area contributed by atoms with Crippen LogP contribution >= 0.6 is 11.6 Å². The van der Waals surface area contributed by atoms with Gasteiger partial charge in [-0.3, -0.25) is 4.90 Å². The molecule has 1 saturated heterocycles. The maximum atomic E-state index is 12.4. The third-order valence-electron chi connectivity index (χ3n) is 5.51. The van der Waals surface area contributed by atoms with Crippen molar-refractivity contribution in [3.05, 3.63) is 65.3 Å². The van der Waals surface area contributed by atoms with Crippen LogP contribution in [0.3, 0.4) is 0 Å². The van der Waals surface area contributed by atoms with Crippen molar-refractivity contribution in [1.82, 2.24) is 14.8 Å². The molecule has 0 saturated carbocycles. The number of nitrogens with one attached hydrogen (secondary N) is 2. The minimum absolute atomic E-state index is 0.118. The van der Waals surface area contributed by atoms with Gasteiger partial charge in [-0.25, -0.2) is 4.79 Å². The number of morpholine rings is 1. The summed E-state index contributed by atoms with van der Waals surface area (Å²) in [5.74, 6) is 0. The second-order valence-electron chi connectivity index (χ2n) is 7.61. The Labute approximate surface area is 181 Å². The zero-order chi connectivity index (χ0) is 20.9. The van der Waals surface area contributed by atoms with Crippen LogP contribution in [0.5, 0.6) is 0 Å². The molecule has 0 radical (unpaired) electrons. The number of aromatic nitrogens is 1. The number of ether oxygens (including phenoxy) is 1. The van der Waals surface area contributed by atoms with Gasteiger partial charge in [-0.1, -0.05) is 23.7 Å². The highest BCUT2D eigenvalue weighted by Gasteiger charge is 2.12. The number of urea groups is 1. The van der Waals surface area contributed by atoms with E-state index >= 15 is 0 Å². The number of halogens is 1. The molecule has 1 aliphatic heterocycles. The summed E-state index contributed by atoms with van der Waals surface area (Å²) >= 11 is 5.93. The summed E-state index contributed by atoms with van der Waals surface area (Å²) < 4.78 is 7.67. The first-order chi connectivity index (χ1) is 14.6. The van der Waals surface area contributed by atoms with Crippen molar-refractivity contribution in [2.75, 3.05) is 38.2 Å². The summed E-state index contributed by atoms with van der Waals surface area (Å²) in [7, 11) is 0. The number of anilines is 1. The molecular weight excluding hydrogens is 400 g/mol. The lowest BCUT2D eigenvalue weighted by molar-refractivity contribution is 0.0365. The molecule has 158 valence electrons. The Morgan fingerprint density at radius 3 is 2.63 bits per heavy atom. The number of carbonyl (C=O) groups excluding carboxylic acids is 1. The van der Waals surface area contributed by atoms with Crippen molar-refractivity contribution in [3.8, 4) is 0 Å². The summed E-state index contributed by atoms with van der Waals surface area (Å²) in [5, 5.41) is 7.68. The molecule has 0 bridgehead atoms. The van der Waals surface area contributed by atoms with Crippen molar-refractivity contribution in [2.24, 2.45) is 0 Å². The Morgan fingerprint density at radius 2 is 1.87 bits per heavy atom. The van der Waals surface area contributed by atoms with Gasteiger partial charge in [0.05, 0.1) is 19.3 Å². The van der Waals surface area contributed by atoms with Crippen molar-refractivity contribution in [1.29, 1.82) is 0 Å². The standard InChI is InChI=1S/C23H27ClN4O2/c1-17(18-2-4-20(24)5-3-18)25-23(29)26-21-6-7-22-19(16-21)8-9-28(22)11-10-27-12-14-30-15-13-27/h2-9,16-17H,10-15H2,1H3,(H2,25,26,29). The van der Waals surface area contributed by atoms with E-state index in [1.54, 1.807) is 0 Å². The first-order valence-corrected chi connectivity index (χ1v) is 10.7. The number of hydrogen-bond acceptors (Lipinski definition) is 3. The molecule has 1 aliphatic rings. The lowest BCUT2D eigenvalue weighted by atomic mass is 10.1. The van der Waals surface area contributed by atoms with Crippen LogP contribution in [0.15, 0.2) is 54.7 Å². The van der Waals surface area contributed by atoms with Crippen LogP contribution in [0.25, 0.3) is 10.9 Å². The molecule has 1 unspecified atom stereocenters. The molecule has 7 heteroatoms. The average molecular weight is 427 g/mol. The van der Waals surface area contributed by atoms with Gasteiger partial charge in [-0.05, 0) is 48.9 Å². The quantitative estimate of drug-likeness (QED) is 0.609. The fraction of sp³-hybridized carbons (Fsp3) is 0.348. The molecule has 2 amide bonds. The first kappa shape index (κ1) is 20.7. The topological polar surface area (TPSA) is 58.5 Å². The lowest BCUT2D eigenvalue weighted by Gasteiger charge is -2.26. The highest BCUT2D eigenvalue weighted by Crippen LogP contribution is 2.21. The predicted molar refractivity (Wildman–Crippen MR) is 121 cm³/mol. The molecule has 6 nitrogen and oxygen atoms in total. The maximum absolute atomic E-state index is 12.4. The van der Waals surface area contributed by atoms with E-state index in [0.29, 0.717) is 5.02 Å². The van der Waals surface area contributed by atoms with E-state index in [-0.39, 0.29) is 12.1 Å². The average Bonchev–Trinajstić information content (AvgIpc) is 3.15. The number of benzene rings is 2. The first-order valence-electron chi connectivity index (χ1n) is 10.3. The minimum atomic E-state index is -0.233. The molecule has 1 fully saturated rings. The normalized spacial score (nSPS) is 15.8. The highest BCUT2D eigenvalue weighted by atomic mass is 35.5. The van der Waals surface area contributed by atoms with Gasteiger partial charge < -0.3 is 19.9 Å². The van der Waals surface area contributed by atoms with Crippen molar-refractivity contribution < 1.29 is 9.53 Å². The van der Waals surface area contributed by atoms with E-state index in [0.717, 1.165) is 56.0 Å². The summed E-state index contributed by atoms with van der Waals surface area (Å²) in [6, 6.07) is 15.2. The van der Waals surface area contributed by atoms with Gasteiger partial charge in [-0.15, -0.1) is 0 Å². The fourth-order valence-electron chi connectivity index (χ4n) is 3.75. The van der Waals surface area contributed by atoms with Crippen LogP contribution in [0.4, 0.5) is 10.5 Å². The number of rotatable bonds is 6. The van der Waals surface area contributed by atoms with Crippen molar-refractivity contribution in [2.45, 2.75) is 19.5 Å². The summed E-state index contributed by atoms with van der Waals surface area (Å²) in [5.41, 5.74) is 2.94. The number of hydrogen-bond donors (Lipinski definition) is 2. The third-order valence-corrected chi connectivity index (χ3v) is 5.76. The monoisotopic (exact) mass is 426 g/mol. The zero-order valence-electron chi connectivity index (χ0n) is 17.1. The molecule has 1 atom stereocenters. The molecule has 0 spiro atoms. The van der Waals surface area contributed by atoms with Gasteiger partial charge in [0.15, 0.2) is 0 Å². The Hall–Kier alpha value is -2.54. The van der Waals surface area contributed by atoms with Crippen molar-refractivity contribution >= 4 is 34.2 Å². The lowest BCUT2D eigenvalue weighted by Crippen LogP contribution is -2.38. The van der Waals surface area contributed by atoms with E-state index in [4.69, 9.17) is 16.3 Å².